The van der Waals surface area contributed by atoms with Crippen molar-refractivity contribution in [2.24, 2.45) is 0 Å². The summed E-state index contributed by atoms with van der Waals surface area (Å²) in [6.07, 6.45) is -4.68. The molecule has 0 aliphatic rings. The van der Waals surface area contributed by atoms with Gasteiger partial charge in [0.1, 0.15) is 0 Å². The third-order valence-corrected chi connectivity index (χ3v) is 2.75. The van der Waals surface area contributed by atoms with E-state index in [1.807, 2.05) is 6.92 Å². The number of ether oxygens (including phenoxy) is 1. The molecule has 0 aliphatic carbocycles. The van der Waals surface area contributed by atoms with Gasteiger partial charge in [0.25, 0.3) is 0 Å². The highest BCUT2D eigenvalue weighted by atomic mass is 19.4. The summed E-state index contributed by atoms with van der Waals surface area (Å²) in [5.41, 5.74) is -1.50. The molecule has 1 rings (SSSR count). The zero-order valence-corrected chi connectivity index (χ0v) is 11.2. The molecule has 7 heteroatoms. The number of halogens is 3. The molecular weight excluding hydrogens is 275 g/mol. The molecule has 20 heavy (non-hydrogen) atoms. The minimum atomic E-state index is -4.68. The summed E-state index contributed by atoms with van der Waals surface area (Å²) in [5.74, 6) is -1.60. The number of carboxylic acid groups (broad SMARTS) is 1. The van der Waals surface area contributed by atoms with Crippen LogP contribution in [0.5, 0.6) is 0 Å². The Balaban J connectivity index is 3.02. The van der Waals surface area contributed by atoms with Crippen LogP contribution in [0.3, 0.4) is 0 Å². The van der Waals surface area contributed by atoms with E-state index in [4.69, 9.17) is 9.84 Å². The van der Waals surface area contributed by atoms with Crippen LogP contribution in [0.15, 0.2) is 18.2 Å². The molecule has 112 valence electrons. The maximum atomic E-state index is 12.7. The molecule has 0 radical (unpaired) electrons. The molecule has 0 saturated heterocycles. The van der Waals surface area contributed by atoms with E-state index in [-0.39, 0.29) is 0 Å². The van der Waals surface area contributed by atoms with Crippen LogP contribution in [0.25, 0.3) is 0 Å². The van der Waals surface area contributed by atoms with Gasteiger partial charge in [-0.1, -0.05) is 0 Å². The van der Waals surface area contributed by atoms with Gasteiger partial charge < -0.3 is 14.7 Å². The van der Waals surface area contributed by atoms with E-state index in [0.29, 0.717) is 25.4 Å². The zero-order valence-electron chi connectivity index (χ0n) is 11.2. The number of nitrogens with zero attached hydrogens (tertiary/aromatic N) is 1. The number of rotatable bonds is 6. The standard InChI is InChI=1S/C13H16F3NO3/c1-3-20-7-6-17(2)9-4-5-11(13(14,15)16)10(8-9)12(18)19/h4-5,8H,3,6-7H2,1-2H3,(H,18,19). The average molecular weight is 291 g/mol. The van der Waals surface area contributed by atoms with Gasteiger partial charge in [0.2, 0.25) is 0 Å². The monoisotopic (exact) mass is 291 g/mol. The summed E-state index contributed by atoms with van der Waals surface area (Å²) in [6.45, 7) is 3.25. The normalized spacial score (nSPS) is 11.4. The topological polar surface area (TPSA) is 49.8 Å². The maximum Gasteiger partial charge on any atom is 0.417 e. The van der Waals surface area contributed by atoms with Crippen LogP contribution in [0.1, 0.15) is 22.8 Å². The first-order valence-corrected chi connectivity index (χ1v) is 6.00. The molecule has 0 aromatic heterocycles. The smallest absolute Gasteiger partial charge is 0.417 e. The second-order valence-electron chi connectivity index (χ2n) is 4.15. The molecule has 0 fully saturated rings. The fourth-order valence-electron chi connectivity index (χ4n) is 1.67. The molecule has 0 saturated carbocycles. The van der Waals surface area contributed by atoms with E-state index in [2.05, 4.69) is 0 Å². The van der Waals surface area contributed by atoms with Crippen molar-refractivity contribution in [3.05, 3.63) is 29.3 Å². The first-order valence-electron chi connectivity index (χ1n) is 6.00. The molecule has 0 bridgehead atoms. The molecule has 0 unspecified atom stereocenters. The Bertz CT molecular complexity index is 474. The minimum Gasteiger partial charge on any atom is -0.478 e. The molecule has 0 atom stereocenters. The van der Waals surface area contributed by atoms with Gasteiger partial charge in [0.15, 0.2) is 0 Å². The van der Waals surface area contributed by atoms with Crippen LogP contribution in [0.4, 0.5) is 18.9 Å². The van der Waals surface area contributed by atoms with Gasteiger partial charge in [-0.05, 0) is 25.1 Å². The maximum absolute atomic E-state index is 12.7. The van der Waals surface area contributed by atoms with Gasteiger partial charge in [-0.2, -0.15) is 13.2 Å². The predicted molar refractivity (Wildman–Crippen MR) is 68.2 cm³/mol. The van der Waals surface area contributed by atoms with Crippen LogP contribution >= 0.6 is 0 Å². The van der Waals surface area contributed by atoms with Crippen LogP contribution < -0.4 is 4.90 Å². The number of likely N-dealkylation sites (N-methyl/N-ethyl adjacent to an activating group) is 1. The lowest BCUT2D eigenvalue weighted by Gasteiger charge is -2.21. The fraction of sp³-hybridized carbons (Fsp3) is 0.462. The van der Waals surface area contributed by atoms with Gasteiger partial charge in [-0.3, -0.25) is 0 Å². The van der Waals surface area contributed by atoms with Crippen molar-refractivity contribution >= 4 is 11.7 Å². The minimum absolute atomic E-state index is 0.398. The van der Waals surface area contributed by atoms with Crippen molar-refractivity contribution in [3.63, 3.8) is 0 Å². The summed E-state index contributed by atoms with van der Waals surface area (Å²) in [5, 5.41) is 8.91. The number of hydrogen-bond acceptors (Lipinski definition) is 3. The number of anilines is 1. The zero-order chi connectivity index (χ0) is 15.3. The molecule has 4 nitrogen and oxygen atoms in total. The highest BCUT2D eigenvalue weighted by Crippen LogP contribution is 2.33. The number of carboxylic acids is 1. The second-order valence-corrected chi connectivity index (χ2v) is 4.15. The van der Waals surface area contributed by atoms with Gasteiger partial charge >= 0.3 is 12.1 Å². The van der Waals surface area contributed by atoms with Gasteiger partial charge in [0.05, 0.1) is 17.7 Å². The molecular formula is C13H16F3NO3. The first kappa shape index (κ1) is 16.3. The summed E-state index contributed by atoms with van der Waals surface area (Å²) in [6, 6.07) is 3.06. The predicted octanol–water partition coefficient (Wildman–Crippen LogP) is 2.88. The summed E-state index contributed by atoms with van der Waals surface area (Å²) in [7, 11) is 1.66. The Labute approximate surface area is 114 Å². The van der Waals surface area contributed by atoms with Gasteiger partial charge in [0, 0.05) is 25.9 Å². The second kappa shape index (κ2) is 6.60. The molecule has 0 spiro atoms. The number of benzene rings is 1. The van der Waals surface area contributed by atoms with E-state index in [9.17, 15) is 18.0 Å². The molecule has 0 heterocycles. The Kier molecular flexibility index (Phi) is 5.38. The molecule has 1 aromatic carbocycles. The number of aromatic carboxylic acids is 1. The summed E-state index contributed by atoms with van der Waals surface area (Å²) in [4.78, 5) is 12.6. The number of hydrogen-bond donors (Lipinski definition) is 1. The first-order chi connectivity index (χ1) is 9.27. The van der Waals surface area contributed by atoms with Crippen LogP contribution in [0.2, 0.25) is 0 Å². The highest BCUT2D eigenvalue weighted by Gasteiger charge is 2.35. The SMILES string of the molecule is CCOCCN(C)c1ccc(C(F)(F)F)c(C(=O)O)c1. The third-order valence-electron chi connectivity index (χ3n) is 2.75. The van der Waals surface area contributed by atoms with Crippen LogP contribution in [-0.4, -0.2) is 37.9 Å². The van der Waals surface area contributed by atoms with Crippen molar-refractivity contribution in [3.8, 4) is 0 Å². The van der Waals surface area contributed by atoms with Crippen molar-refractivity contribution < 1.29 is 27.8 Å². The highest BCUT2D eigenvalue weighted by molar-refractivity contribution is 5.91. The lowest BCUT2D eigenvalue weighted by atomic mass is 10.1. The summed E-state index contributed by atoms with van der Waals surface area (Å²) >= 11 is 0. The molecule has 0 amide bonds. The lowest BCUT2D eigenvalue weighted by molar-refractivity contribution is -0.138. The Morgan fingerprint density at radius 3 is 2.55 bits per heavy atom. The van der Waals surface area contributed by atoms with Crippen molar-refractivity contribution in [2.45, 2.75) is 13.1 Å². The van der Waals surface area contributed by atoms with Crippen molar-refractivity contribution in [1.82, 2.24) is 0 Å². The van der Waals surface area contributed by atoms with Crippen molar-refractivity contribution in [2.75, 3.05) is 31.7 Å². The largest absolute Gasteiger partial charge is 0.478 e. The molecule has 1 aromatic rings. The van der Waals surface area contributed by atoms with Gasteiger partial charge in [-0.15, -0.1) is 0 Å². The van der Waals surface area contributed by atoms with E-state index in [1.165, 1.54) is 6.07 Å². The summed E-state index contributed by atoms with van der Waals surface area (Å²) < 4.78 is 43.2. The Morgan fingerprint density at radius 2 is 2.05 bits per heavy atom. The quantitative estimate of drug-likeness (QED) is 0.819. The van der Waals surface area contributed by atoms with Crippen LogP contribution in [-0.2, 0) is 10.9 Å². The van der Waals surface area contributed by atoms with E-state index in [1.54, 1.807) is 11.9 Å². The fourth-order valence-corrected chi connectivity index (χ4v) is 1.67. The molecule has 1 N–H and O–H groups in total. The molecule has 0 aliphatic heterocycles. The third kappa shape index (κ3) is 4.12. The van der Waals surface area contributed by atoms with Crippen molar-refractivity contribution in [1.29, 1.82) is 0 Å². The lowest BCUT2D eigenvalue weighted by Crippen LogP contribution is -2.23. The number of carbonyl (C=O) groups is 1. The van der Waals surface area contributed by atoms with E-state index in [0.717, 1.165) is 12.1 Å². The van der Waals surface area contributed by atoms with Gasteiger partial charge in [-0.25, -0.2) is 4.79 Å². The van der Waals surface area contributed by atoms with E-state index >= 15 is 0 Å². The Hall–Kier alpha value is -1.76. The average Bonchev–Trinajstić information content (AvgIpc) is 2.37. The van der Waals surface area contributed by atoms with Crippen LogP contribution in [0, 0.1) is 0 Å². The number of alkyl halides is 3. The Morgan fingerprint density at radius 1 is 1.40 bits per heavy atom. The van der Waals surface area contributed by atoms with E-state index < -0.39 is 23.3 Å².